The molecule has 8 aromatic carbocycles. The molecule has 0 aliphatic heterocycles. The molecule has 11 rings (SSSR count). The second-order valence-electron chi connectivity index (χ2n) is 13.4. The highest BCUT2D eigenvalue weighted by Gasteiger charge is 2.20. The van der Waals surface area contributed by atoms with Crippen LogP contribution in [0.3, 0.4) is 0 Å². The van der Waals surface area contributed by atoms with Crippen LogP contribution in [0.1, 0.15) is 0 Å². The number of para-hydroxylation sites is 1. The fraction of sp³-hybridized carbons (Fsp3) is 0. The second kappa shape index (κ2) is 12.1. The smallest absolute Gasteiger partial charge is 0.227 e. The number of hydrogen-bond acceptors (Lipinski definition) is 6. The number of oxazole rings is 1. The van der Waals surface area contributed by atoms with Gasteiger partial charge in [-0.2, -0.15) is 0 Å². The van der Waals surface area contributed by atoms with Gasteiger partial charge in [-0.15, -0.1) is 0 Å². The Bertz CT molecular complexity index is 3210. The molecule has 0 atom stereocenters. The average Bonchev–Trinajstić information content (AvgIpc) is 3.86. The Hall–Kier alpha value is -7.44. The molecule has 0 radical (unpaired) electrons. The van der Waals surface area contributed by atoms with Gasteiger partial charge in [0.15, 0.2) is 23.1 Å². The maximum Gasteiger partial charge on any atom is 0.227 e. The van der Waals surface area contributed by atoms with Gasteiger partial charge in [-0.25, -0.2) is 19.9 Å². The molecule has 6 heteroatoms. The highest BCUT2D eigenvalue weighted by molar-refractivity contribution is 6.13. The number of fused-ring (bicyclic) bond motifs is 7. The fourth-order valence-corrected chi connectivity index (χ4v) is 7.63. The number of hydrogen-bond donors (Lipinski definition) is 0. The van der Waals surface area contributed by atoms with Crippen LogP contribution in [0.2, 0.25) is 0 Å². The zero-order valence-corrected chi connectivity index (χ0v) is 28.8. The Morgan fingerprint density at radius 2 is 0.963 bits per heavy atom. The molecule has 6 nitrogen and oxygen atoms in total. The third-order valence-electron chi connectivity index (χ3n) is 10.2. The van der Waals surface area contributed by atoms with E-state index >= 15 is 0 Å². The predicted molar refractivity (Wildman–Crippen MR) is 217 cm³/mol. The van der Waals surface area contributed by atoms with Gasteiger partial charge in [-0.3, -0.25) is 0 Å². The molecule has 0 saturated carbocycles. The minimum absolute atomic E-state index is 0.553. The summed E-state index contributed by atoms with van der Waals surface area (Å²) in [5, 5.41) is 6.30. The molecular formula is C48H28N4O2. The van der Waals surface area contributed by atoms with Crippen molar-refractivity contribution in [3.63, 3.8) is 0 Å². The Labute approximate surface area is 309 Å². The van der Waals surface area contributed by atoms with Gasteiger partial charge in [0.1, 0.15) is 16.7 Å². The van der Waals surface area contributed by atoms with Crippen molar-refractivity contribution in [2.24, 2.45) is 0 Å². The average molecular weight is 693 g/mol. The molecule has 0 unspecified atom stereocenters. The summed E-state index contributed by atoms with van der Waals surface area (Å²) in [5.74, 6) is 2.29. The van der Waals surface area contributed by atoms with Gasteiger partial charge >= 0.3 is 0 Å². The largest absolute Gasteiger partial charge is 0.456 e. The SMILES string of the molecule is c1ccc(-c2nc3ccc4cccc(-c5nc(-c6ccc(-c7cccc8oc9ccccc9c78)cc6)nc(-c6cccc7ccccc67)n5)c4c3o2)cc1. The van der Waals surface area contributed by atoms with Crippen LogP contribution < -0.4 is 0 Å². The number of benzene rings is 8. The lowest BCUT2D eigenvalue weighted by Crippen LogP contribution is -2.01. The van der Waals surface area contributed by atoms with Gasteiger partial charge in [0.05, 0.1) is 0 Å². The molecule has 0 fully saturated rings. The van der Waals surface area contributed by atoms with E-state index in [0.717, 1.165) is 82.4 Å². The zero-order valence-electron chi connectivity index (χ0n) is 28.8. The van der Waals surface area contributed by atoms with Crippen molar-refractivity contribution in [3.05, 3.63) is 170 Å². The van der Waals surface area contributed by atoms with Crippen molar-refractivity contribution >= 4 is 54.6 Å². The van der Waals surface area contributed by atoms with E-state index in [2.05, 4.69) is 91.0 Å². The highest BCUT2D eigenvalue weighted by Crippen LogP contribution is 2.39. The molecule has 0 bridgehead atoms. The molecule has 252 valence electrons. The standard InChI is InChI=1S/C48H28N4O2/c1-2-12-33(13-3-1)48-49-39-28-27-31-15-9-20-38(42(31)44(39)54-48)47-51-45(50-46(52-47)36-19-8-14-29-11-4-5-16-34(29)36)32-25-23-30(24-26-32)35-18-10-22-41-43(35)37-17-6-7-21-40(37)53-41/h1-28H. The molecule has 3 aromatic heterocycles. The lowest BCUT2D eigenvalue weighted by Gasteiger charge is -2.12. The maximum atomic E-state index is 6.53. The van der Waals surface area contributed by atoms with Crippen molar-refractivity contribution < 1.29 is 8.83 Å². The summed E-state index contributed by atoms with van der Waals surface area (Å²) < 4.78 is 12.7. The van der Waals surface area contributed by atoms with Crippen LogP contribution in [0.25, 0.3) is 111 Å². The monoisotopic (exact) mass is 692 g/mol. The Morgan fingerprint density at radius 1 is 0.333 bits per heavy atom. The summed E-state index contributed by atoms with van der Waals surface area (Å²) in [4.78, 5) is 20.4. The maximum absolute atomic E-state index is 6.53. The van der Waals surface area contributed by atoms with Gasteiger partial charge in [0, 0.05) is 38.4 Å². The summed E-state index contributed by atoms with van der Waals surface area (Å²) in [6.45, 7) is 0. The van der Waals surface area contributed by atoms with E-state index in [1.165, 1.54) is 0 Å². The number of furan rings is 1. The molecule has 0 aliphatic carbocycles. The molecule has 0 amide bonds. The van der Waals surface area contributed by atoms with Crippen molar-refractivity contribution in [2.75, 3.05) is 0 Å². The molecule has 0 spiro atoms. The van der Waals surface area contributed by atoms with Crippen molar-refractivity contribution in [3.8, 4) is 56.7 Å². The Kier molecular flexibility index (Phi) is 6.75. The summed E-state index contributed by atoms with van der Waals surface area (Å²) in [5.41, 5.74) is 8.97. The summed E-state index contributed by atoms with van der Waals surface area (Å²) in [6.07, 6.45) is 0. The van der Waals surface area contributed by atoms with Gasteiger partial charge in [0.25, 0.3) is 0 Å². The topological polar surface area (TPSA) is 77.8 Å². The van der Waals surface area contributed by atoms with E-state index in [1.54, 1.807) is 0 Å². The molecule has 0 aliphatic rings. The fourth-order valence-electron chi connectivity index (χ4n) is 7.63. The molecule has 54 heavy (non-hydrogen) atoms. The van der Waals surface area contributed by atoms with Crippen LogP contribution in [0.4, 0.5) is 0 Å². The second-order valence-corrected chi connectivity index (χ2v) is 13.4. The van der Waals surface area contributed by atoms with Gasteiger partial charge < -0.3 is 8.83 Å². The van der Waals surface area contributed by atoms with Crippen LogP contribution in [0.15, 0.2) is 179 Å². The minimum Gasteiger partial charge on any atom is -0.456 e. The summed E-state index contributed by atoms with van der Waals surface area (Å²) in [6, 6.07) is 57.6. The van der Waals surface area contributed by atoms with Crippen LogP contribution in [-0.2, 0) is 0 Å². The predicted octanol–water partition coefficient (Wildman–Crippen LogP) is 12.6. The third kappa shape index (κ3) is 4.89. The van der Waals surface area contributed by atoms with Gasteiger partial charge in [-0.1, -0.05) is 140 Å². The van der Waals surface area contributed by atoms with Crippen LogP contribution >= 0.6 is 0 Å². The number of aromatic nitrogens is 4. The lowest BCUT2D eigenvalue weighted by molar-refractivity contribution is 0.623. The summed E-state index contributed by atoms with van der Waals surface area (Å²) >= 11 is 0. The lowest BCUT2D eigenvalue weighted by atomic mass is 9.98. The first kappa shape index (κ1) is 30.2. The van der Waals surface area contributed by atoms with Crippen LogP contribution in [0, 0.1) is 0 Å². The van der Waals surface area contributed by atoms with E-state index in [1.807, 2.05) is 78.9 Å². The molecule has 0 N–H and O–H groups in total. The normalized spacial score (nSPS) is 11.7. The zero-order chi connectivity index (χ0) is 35.6. The first-order chi connectivity index (χ1) is 26.7. The van der Waals surface area contributed by atoms with Gasteiger partial charge in [-0.05, 0) is 57.6 Å². The van der Waals surface area contributed by atoms with Crippen LogP contribution in [-0.4, -0.2) is 19.9 Å². The third-order valence-corrected chi connectivity index (χ3v) is 10.2. The van der Waals surface area contributed by atoms with Crippen molar-refractivity contribution in [2.45, 2.75) is 0 Å². The van der Waals surface area contributed by atoms with Crippen molar-refractivity contribution in [1.82, 2.24) is 19.9 Å². The van der Waals surface area contributed by atoms with E-state index in [-0.39, 0.29) is 0 Å². The van der Waals surface area contributed by atoms with E-state index < -0.39 is 0 Å². The number of nitrogens with zero attached hydrogens (tertiary/aromatic N) is 4. The minimum atomic E-state index is 0.553. The molecular weight excluding hydrogens is 665 g/mol. The van der Waals surface area contributed by atoms with Crippen LogP contribution in [0.5, 0.6) is 0 Å². The van der Waals surface area contributed by atoms with E-state index in [9.17, 15) is 0 Å². The van der Waals surface area contributed by atoms with E-state index in [0.29, 0.717) is 28.9 Å². The number of rotatable bonds is 5. The Balaban J connectivity index is 1.11. The Morgan fingerprint density at radius 3 is 1.83 bits per heavy atom. The molecule has 3 heterocycles. The van der Waals surface area contributed by atoms with E-state index in [4.69, 9.17) is 28.8 Å². The van der Waals surface area contributed by atoms with Gasteiger partial charge in [0.2, 0.25) is 5.89 Å². The quantitative estimate of drug-likeness (QED) is 0.179. The molecule has 0 saturated heterocycles. The summed E-state index contributed by atoms with van der Waals surface area (Å²) in [7, 11) is 0. The van der Waals surface area contributed by atoms with Crippen molar-refractivity contribution in [1.29, 1.82) is 0 Å². The first-order valence-corrected chi connectivity index (χ1v) is 17.9. The first-order valence-electron chi connectivity index (χ1n) is 17.9. The molecule has 11 aromatic rings. The highest BCUT2D eigenvalue weighted by atomic mass is 16.3.